The van der Waals surface area contributed by atoms with E-state index in [2.05, 4.69) is 10.6 Å². The number of fused-ring (bicyclic) bond motifs is 1. The molecule has 0 saturated heterocycles. The third kappa shape index (κ3) is 4.22. The minimum atomic E-state index is -1.47. The van der Waals surface area contributed by atoms with Crippen molar-refractivity contribution >= 4 is 35.0 Å². The molecular weight excluding hydrogens is 420 g/mol. The van der Waals surface area contributed by atoms with Gasteiger partial charge in [0.25, 0.3) is 5.91 Å². The molecule has 0 fully saturated rings. The molecule has 1 unspecified atom stereocenters. The van der Waals surface area contributed by atoms with E-state index in [4.69, 9.17) is 22.1 Å². The second-order valence-corrected chi connectivity index (χ2v) is 7.97. The fourth-order valence-corrected chi connectivity index (χ4v) is 4.01. The second kappa shape index (κ2) is 8.95. The van der Waals surface area contributed by atoms with Gasteiger partial charge in [-0.05, 0) is 30.7 Å². The van der Waals surface area contributed by atoms with Crippen molar-refractivity contribution in [2.24, 2.45) is 5.73 Å². The molecule has 31 heavy (non-hydrogen) atoms. The number of likely N-dealkylation sites (N-methyl/N-ethyl adjacent to an activating group) is 1. The fourth-order valence-electron chi connectivity index (χ4n) is 3.83. The summed E-state index contributed by atoms with van der Waals surface area (Å²) in [5.74, 6) is -0.753. The number of methoxy groups -OCH3 is 1. The molecular formula is C22H25ClN4O4. The third-order valence-corrected chi connectivity index (χ3v) is 5.53. The molecule has 0 aromatic heterocycles. The number of primary amides is 1. The molecule has 0 aliphatic carbocycles. The van der Waals surface area contributed by atoms with Gasteiger partial charge in [-0.15, -0.1) is 0 Å². The Kier molecular flexibility index (Phi) is 6.52. The lowest BCUT2D eigenvalue weighted by molar-refractivity contribution is -0.132. The van der Waals surface area contributed by atoms with Gasteiger partial charge in [0.15, 0.2) is 5.54 Å². The summed E-state index contributed by atoms with van der Waals surface area (Å²) in [4.78, 5) is 39.3. The number of rotatable bonds is 8. The van der Waals surface area contributed by atoms with Gasteiger partial charge in [0, 0.05) is 42.4 Å². The number of anilines is 1. The Labute approximate surface area is 185 Å². The van der Waals surface area contributed by atoms with E-state index in [0.717, 1.165) is 0 Å². The SMILES string of the molecule is COc1ccccc1C1(N[C@@H](CCC(N)=O)C(=O)N(C)C)C(=O)Nc2ccc(Cl)cc21. The zero-order chi connectivity index (χ0) is 22.8. The number of para-hydroxylation sites is 1. The van der Waals surface area contributed by atoms with Crippen molar-refractivity contribution in [3.63, 3.8) is 0 Å². The molecule has 0 bridgehead atoms. The number of halogens is 1. The van der Waals surface area contributed by atoms with Gasteiger partial charge < -0.3 is 20.7 Å². The molecule has 1 aliphatic rings. The highest BCUT2D eigenvalue weighted by Gasteiger charge is 2.51. The zero-order valence-electron chi connectivity index (χ0n) is 17.6. The molecule has 0 saturated carbocycles. The van der Waals surface area contributed by atoms with Crippen molar-refractivity contribution in [2.75, 3.05) is 26.5 Å². The van der Waals surface area contributed by atoms with E-state index in [0.29, 0.717) is 27.6 Å². The lowest BCUT2D eigenvalue weighted by Crippen LogP contribution is -2.57. The van der Waals surface area contributed by atoms with Gasteiger partial charge >= 0.3 is 0 Å². The molecule has 9 heteroatoms. The molecule has 0 radical (unpaired) electrons. The van der Waals surface area contributed by atoms with Gasteiger partial charge in [0.1, 0.15) is 5.75 Å². The number of nitrogens with two attached hydrogens (primary N) is 1. The van der Waals surface area contributed by atoms with Crippen LogP contribution in [0.3, 0.4) is 0 Å². The first kappa shape index (κ1) is 22.6. The summed E-state index contributed by atoms with van der Waals surface area (Å²) in [6.07, 6.45) is 0.0930. The quantitative estimate of drug-likeness (QED) is 0.575. The minimum Gasteiger partial charge on any atom is -0.496 e. The third-order valence-electron chi connectivity index (χ3n) is 5.29. The lowest BCUT2D eigenvalue weighted by atomic mass is 9.82. The van der Waals surface area contributed by atoms with E-state index < -0.39 is 17.5 Å². The summed E-state index contributed by atoms with van der Waals surface area (Å²) in [5, 5.41) is 6.55. The predicted octanol–water partition coefficient (Wildman–Crippen LogP) is 1.86. The van der Waals surface area contributed by atoms with E-state index in [-0.39, 0.29) is 24.7 Å². The minimum absolute atomic E-state index is 0.0245. The molecule has 2 atom stereocenters. The first-order chi connectivity index (χ1) is 14.7. The highest BCUT2D eigenvalue weighted by molar-refractivity contribution is 6.31. The van der Waals surface area contributed by atoms with Gasteiger partial charge in [-0.1, -0.05) is 29.8 Å². The number of carbonyl (C=O) groups excluding carboxylic acids is 3. The van der Waals surface area contributed by atoms with Crippen LogP contribution in [-0.2, 0) is 19.9 Å². The van der Waals surface area contributed by atoms with Crippen LogP contribution in [0.5, 0.6) is 5.75 Å². The first-order valence-electron chi connectivity index (χ1n) is 9.72. The van der Waals surface area contributed by atoms with E-state index in [1.807, 2.05) is 0 Å². The number of carbonyl (C=O) groups is 3. The molecule has 2 aromatic rings. The Morgan fingerprint density at radius 2 is 1.94 bits per heavy atom. The monoisotopic (exact) mass is 444 g/mol. The Morgan fingerprint density at radius 1 is 1.23 bits per heavy atom. The molecule has 3 rings (SSSR count). The highest BCUT2D eigenvalue weighted by Crippen LogP contribution is 2.45. The summed E-state index contributed by atoms with van der Waals surface area (Å²) in [5.41, 5.74) is 5.51. The zero-order valence-corrected chi connectivity index (χ0v) is 18.3. The Morgan fingerprint density at radius 3 is 2.58 bits per heavy atom. The number of ether oxygens (including phenoxy) is 1. The molecule has 164 valence electrons. The molecule has 0 spiro atoms. The van der Waals surface area contributed by atoms with E-state index in [1.54, 1.807) is 56.6 Å². The van der Waals surface area contributed by atoms with Crippen LogP contribution in [0.4, 0.5) is 5.69 Å². The molecule has 8 nitrogen and oxygen atoms in total. The van der Waals surface area contributed by atoms with Gasteiger partial charge in [-0.2, -0.15) is 0 Å². The molecule has 3 amide bonds. The molecule has 4 N–H and O–H groups in total. The summed E-state index contributed by atoms with van der Waals surface area (Å²) >= 11 is 6.28. The number of hydrogen-bond donors (Lipinski definition) is 3. The van der Waals surface area contributed by atoms with Gasteiger partial charge in [0.2, 0.25) is 11.8 Å². The number of amides is 3. The van der Waals surface area contributed by atoms with Gasteiger partial charge in [-0.25, -0.2) is 0 Å². The van der Waals surface area contributed by atoms with E-state index in [9.17, 15) is 14.4 Å². The summed E-state index contributed by atoms with van der Waals surface area (Å²) < 4.78 is 5.54. The number of nitrogens with one attached hydrogen (secondary N) is 2. The van der Waals surface area contributed by atoms with Crippen molar-refractivity contribution in [1.29, 1.82) is 0 Å². The average Bonchev–Trinajstić information content (AvgIpc) is 3.01. The maximum atomic E-state index is 13.5. The summed E-state index contributed by atoms with van der Waals surface area (Å²) in [6.45, 7) is 0. The largest absolute Gasteiger partial charge is 0.496 e. The highest BCUT2D eigenvalue weighted by atomic mass is 35.5. The van der Waals surface area contributed by atoms with Crippen LogP contribution in [0.15, 0.2) is 42.5 Å². The topological polar surface area (TPSA) is 114 Å². The summed E-state index contributed by atoms with van der Waals surface area (Å²) in [6, 6.07) is 11.3. The maximum absolute atomic E-state index is 13.5. The number of benzene rings is 2. The van der Waals surface area contributed by atoms with Crippen LogP contribution < -0.4 is 21.1 Å². The van der Waals surface area contributed by atoms with E-state index >= 15 is 0 Å². The van der Waals surface area contributed by atoms with Crippen molar-refractivity contribution in [1.82, 2.24) is 10.2 Å². The predicted molar refractivity (Wildman–Crippen MR) is 118 cm³/mol. The van der Waals surface area contributed by atoms with Crippen molar-refractivity contribution < 1.29 is 19.1 Å². The summed E-state index contributed by atoms with van der Waals surface area (Å²) in [7, 11) is 4.72. The van der Waals surface area contributed by atoms with Crippen LogP contribution in [0, 0.1) is 0 Å². The van der Waals surface area contributed by atoms with Gasteiger partial charge in [-0.3, -0.25) is 19.7 Å². The Hall–Kier alpha value is -3.10. The van der Waals surface area contributed by atoms with Crippen LogP contribution >= 0.6 is 11.6 Å². The van der Waals surface area contributed by atoms with Crippen LogP contribution in [0.1, 0.15) is 24.0 Å². The van der Waals surface area contributed by atoms with Crippen molar-refractivity contribution in [3.8, 4) is 5.75 Å². The maximum Gasteiger partial charge on any atom is 0.254 e. The van der Waals surface area contributed by atoms with E-state index in [1.165, 1.54) is 12.0 Å². The Bertz CT molecular complexity index is 1030. The Balaban J connectivity index is 2.22. The molecule has 1 aliphatic heterocycles. The fraction of sp³-hybridized carbons (Fsp3) is 0.318. The van der Waals surface area contributed by atoms with Crippen molar-refractivity contribution in [2.45, 2.75) is 24.4 Å². The molecule has 1 heterocycles. The van der Waals surface area contributed by atoms with Gasteiger partial charge in [0.05, 0.1) is 13.2 Å². The van der Waals surface area contributed by atoms with Crippen LogP contribution in [0.25, 0.3) is 0 Å². The first-order valence-corrected chi connectivity index (χ1v) is 10.1. The standard InChI is InChI=1S/C22H25ClN4O4/c1-27(2)20(29)17(10-11-19(24)28)26-22(14-6-4-5-7-18(14)31-3)15-12-13(23)8-9-16(15)25-21(22)30/h4-9,12,17,26H,10-11H2,1-3H3,(H2,24,28)(H,25,30)/t17-,22?/m0/s1. The smallest absolute Gasteiger partial charge is 0.254 e. The number of hydrogen-bond acceptors (Lipinski definition) is 5. The van der Waals surface area contributed by atoms with Crippen LogP contribution in [-0.4, -0.2) is 49.9 Å². The van der Waals surface area contributed by atoms with Crippen molar-refractivity contribution in [3.05, 3.63) is 58.6 Å². The average molecular weight is 445 g/mol. The number of nitrogens with zero attached hydrogens (tertiary/aromatic N) is 1. The lowest BCUT2D eigenvalue weighted by Gasteiger charge is -2.35. The molecule has 2 aromatic carbocycles. The second-order valence-electron chi connectivity index (χ2n) is 7.53. The van der Waals surface area contributed by atoms with Crippen LogP contribution in [0.2, 0.25) is 5.02 Å². The normalized spacial score (nSPS) is 18.1.